The van der Waals surface area contributed by atoms with Crippen molar-refractivity contribution in [1.82, 2.24) is 10.2 Å². The lowest BCUT2D eigenvalue weighted by molar-refractivity contribution is -0.139. The molecule has 0 aliphatic heterocycles. The number of carbonyl (C=O) groups excluding carboxylic acids is 2. The number of furan rings is 1. The van der Waals surface area contributed by atoms with Gasteiger partial charge in [-0.3, -0.25) is 9.59 Å². The van der Waals surface area contributed by atoms with E-state index < -0.39 is 6.10 Å². The molecule has 1 aromatic heterocycles. The number of rotatable bonds is 8. The van der Waals surface area contributed by atoms with Gasteiger partial charge in [-0.1, -0.05) is 29.8 Å². The molecule has 2 amide bonds. The molecular weight excluding hydrogens is 404 g/mol. The molecule has 1 atom stereocenters. The zero-order chi connectivity index (χ0) is 21.5. The Labute approximate surface area is 180 Å². The standard InChI is InChI=1S/C23H23ClN2O4/c1-16(30-20-6-3-5-19(24)13-20)23(28)26(15-21-7-4-12-29-21)14-17-8-10-18(11-9-17)22(27)25-2/h3-13,16H,14-15H2,1-2H3,(H,25,27). The first-order chi connectivity index (χ1) is 14.5. The molecule has 0 saturated heterocycles. The van der Waals surface area contributed by atoms with Crippen LogP contribution < -0.4 is 10.1 Å². The third-order valence-electron chi connectivity index (χ3n) is 4.51. The van der Waals surface area contributed by atoms with Crippen LogP contribution in [0.5, 0.6) is 5.75 Å². The highest BCUT2D eigenvalue weighted by Crippen LogP contribution is 2.20. The van der Waals surface area contributed by atoms with Crippen LogP contribution in [0.1, 0.15) is 28.6 Å². The van der Waals surface area contributed by atoms with E-state index in [2.05, 4.69) is 5.32 Å². The molecular formula is C23H23ClN2O4. The minimum atomic E-state index is -0.719. The van der Waals surface area contributed by atoms with E-state index in [0.29, 0.717) is 35.2 Å². The van der Waals surface area contributed by atoms with Crippen molar-refractivity contribution in [2.24, 2.45) is 0 Å². The molecule has 1 N–H and O–H groups in total. The van der Waals surface area contributed by atoms with Gasteiger partial charge in [0, 0.05) is 24.2 Å². The quantitative estimate of drug-likeness (QED) is 0.583. The summed E-state index contributed by atoms with van der Waals surface area (Å²) in [6.07, 6.45) is 0.853. The minimum Gasteiger partial charge on any atom is -0.481 e. The van der Waals surface area contributed by atoms with E-state index in [1.165, 1.54) is 0 Å². The first kappa shape index (κ1) is 21.5. The maximum Gasteiger partial charge on any atom is 0.264 e. The number of ether oxygens (including phenoxy) is 1. The van der Waals surface area contributed by atoms with Gasteiger partial charge in [-0.05, 0) is 55.0 Å². The third kappa shape index (κ3) is 5.64. The van der Waals surface area contributed by atoms with Crippen LogP contribution in [0, 0.1) is 0 Å². The second-order valence-corrected chi connectivity index (χ2v) is 7.20. The Hall–Kier alpha value is -3.25. The van der Waals surface area contributed by atoms with Gasteiger partial charge in [-0.15, -0.1) is 0 Å². The lowest BCUT2D eigenvalue weighted by atomic mass is 10.1. The number of nitrogens with one attached hydrogen (secondary N) is 1. The van der Waals surface area contributed by atoms with Gasteiger partial charge in [0.2, 0.25) is 0 Å². The van der Waals surface area contributed by atoms with Crippen LogP contribution in [0.4, 0.5) is 0 Å². The highest BCUT2D eigenvalue weighted by Gasteiger charge is 2.23. The Morgan fingerprint density at radius 2 is 1.87 bits per heavy atom. The highest BCUT2D eigenvalue weighted by molar-refractivity contribution is 6.30. The number of benzene rings is 2. The zero-order valence-electron chi connectivity index (χ0n) is 16.8. The van der Waals surface area contributed by atoms with Crippen molar-refractivity contribution in [2.45, 2.75) is 26.1 Å². The van der Waals surface area contributed by atoms with Crippen LogP contribution >= 0.6 is 11.6 Å². The summed E-state index contributed by atoms with van der Waals surface area (Å²) in [5, 5.41) is 3.13. The number of carbonyl (C=O) groups is 2. The van der Waals surface area contributed by atoms with Crippen LogP contribution in [-0.4, -0.2) is 29.9 Å². The van der Waals surface area contributed by atoms with Crippen LogP contribution in [0.2, 0.25) is 5.02 Å². The van der Waals surface area contributed by atoms with Gasteiger partial charge < -0.3 is 19.4 Å². The van der Waals surface area contributed by atoms with Crippen LogP contribution in [0.15, 0.2) is 71.3 Å². The Morgan fingerprint density at radius 3 is 2.50 bits per heavy atom. The predicted molar refractivity (Wildman–Crippen MR) is 114 cm³/mol. The number of amides is 2. The number of hydrogen-bond acceptors (Lipinski definition) is 4. The SMILES string of the molecule is CNC(=O)c1ccc(CN(Cc2ccco2)C(=O)C(C)Oc2cccc(Cl)c2)cc1. The second-order valence-electron chi connectivity index (χ2n) is 6.77. The lowest BCUT2D eigenvalue weighted by Gasteiger charge is -2.25. The normalized spacial score (nSPS) is 11.6. The van der Waals surface area contributed by atoms with E-state index in [0.717, 1.165) is 5.56 Å². The Balaban J connectivity index is 1.75. The fraction of sp³-hybridized carbons (Fsp3) is 0.217. The molecule has 3 aromatic rings. The molecule has 156 valence electrons. The van der Waals surface area contributed by atoms with Gasteiger partial charge in [0.25, 0.3) is 11.8 Å². The molecule has 3 rings (SSSR count). The zero-order valence-corrected chi connectivity index (χ0v) is 17.6. The molecule has 2 aromatic carbocycles. The molecule has 0 aliphatic rings. The summed E-state index contributed by atoms with van der Waals surface area (Å²) in [5.74, 6) is 0.840. The summed E-state index contributed by atoms with van der Waals surface area (Å²) in [6, 6.07) is 17.6. The Morgan fingerprint density at radius 1 is 1.10 bits per heavy atom. The average Bonchev–Trinajstić information content (AvgIpc) is 3.26. The molecule has 0 radical (unpaired) electrons. The van der Waals surface area contributed by atoms with Crippen molar-refractivity contribution in [3.05, 3.63) is 88.8 Å². The molecule has 6 nitrogen and oxygen atoms in total. The monoisotopic (exact) mass is 426 g/mol. The molecule has 0 saturated carbocycles. The molecule has 1 unspecified atom stereocenters. The van der Waals surface area contributed by atoms with Gasteiger partial charge in [-0.25, -0.2) is 0 Å². The van der Waals surface area contributed by atoms with Crippen LogP contribution in [-0.2, 0) is 17.9 Å². The van der Waals surface area contributed by atoms with Gasteiger partial charge >= 0.3 is 0 Å². The van der Waals surface area contributed by atoms with Crippen molar-refractivity contribution in [3.63, 3.8) is 0 Å². The first-order valence-corrected chi connectivity index (χ1v) is 9.88. The van der Waals surface area contributed by atoms with Gasteiger partial charge in [0.15, 0.2) is 6.10 Å². The molecule has 0 spiro atoms. The summed E-state index contributed by atoms with van der Waals surface area (Å²) in [6.45, 7) is 2.34. The van der Waals surface area contributed by atoms with Crippen molar-refractivity contribution >= 4 is 23.4 Å². The van der Waals surface area contributed by atoms with Crippen LogP contribution in [0.25, 0.3) is 0 Å². The van der Waals surface area contributed by atoms with E-state index in [1.54, 1.807) is 67.6 Å². The van der Waals surface area contributed by atoms with E-state index in [1.807, 2.05) is 18.2 Å². The van der Waals surface area contributed by atoms with E-state index in [9.17, 15) is 9.59 Å². The minimum absolute atomic E-state index is 0.159. The summed E-state index contributed by atoms with van der Waals surface area (Å²) in [7, 11) is 1.58. The molecule has 0 fully saturated rings. The maximum atomic E-state index is 13.1. The molecule has 30 heavy (non-hydrogen) atoms. The molecule has 1 heterocycles. The largest absolute Gasteiger partial charge is 0.481 e. The third-order valence-corrected chi connectivity index (χ3v) is 4.75. The molecule has 7 heteroatoms. The lowest BCUT2D eigenvalue weighted by Crippen LogP contribution is -2.39. The van der Waals surface area contributed by atoms with E-state index in [-0.39, 0.29) is 11.8 Å². The smallest absolute Gasteiger partial charge is 0.264 e. The summed E-state index contributed by atoms with van der Waals surface area (Å²) < 4.78 is 11.2. The highest BCUT2D eigenvalue weighted by atomic mass is 35.5. The maximum absolute atomic E-state index is 13.1. The van der Waals surface area contributed by atoms with Gasteiger partial charge in [0.1, 0.15) is 11.5 Å². The molecule has 0 bridgehead atoms. The summed E-state index contributed by atoms with van der Waals surface area (Å²) >= 11 is 6.00. The Kier molecular flexibility index (Phi) is 7.14. The van der Waals surface area contributed by atoms with Gasteiger partial charge in [-0.2, -0.15) is 0 Å². The van der Waals surface area contributed by atoms with E-state index in [4.69, 9.17) is 20.8 Å². The van der Waals surface area contributed by atoms with Crippen molar-refractivity contribution in [3.8, 4) is 5.75 Å². The fourth-order valence-corrected chi connectivity index (χ4v) is 3.16. The van der Waals surface area contributed by atoms with Crippen molar-refractivity contribution in [2.75, 3.05) is 7.05 Å². The fourth-order valence-electron chi connectivity index (χ4n) is 2.98. The summed E-state index contributed by atoms with van der Waals surface area (Å²) in [4.78, 5) is 26.5. The predicted octanol–water partition coefficient (Wildman–Crippen LogP) is 4.29. The van der Waals surface area contributed by atoms with Crippen molar-refractivity contribution in [1.29, 1.82) is 0 Å². The van der Waals surface area contributed by atoms with Crippen molar-refractivity contribution < 1.29 is 18.7 Å². The Bertz CT molecular complexity index is 987. The number of hydrogen-bond donors (Lipinski definition) is 1. The van der Waals surface area contributed by atoms with Crippen LogP contribution in [0.3, 0.4) is 0 Å². The average molecular weight is 427 g/mol. The molecule has 0 aliphatic carbocycles. The van der Waals surface area contributed by atoms with Gasteiger partial charge in [0.05, 0.1) is 12.8 Å². The number of nitrogens with zero attached hydrogens (tertiary/aromatic N) is 1. The second kappa shape index (κ2) is 9.98. The first-order valence-electron chi connectivity index (χ1n) is 9.50. The number of halogens is 1. The summed E-state index contributed by atoms with van der Waals surface area (Å²) in [5.41, 5.74) is 1.44. The topological polar surface area (TPSA) is 71.8 Å². The van der Waals surface area contributed by atoms with E-state index >= 15 is 0 Å².